The van der Waals surface area contributed by atoms with E-state index >= 15 is 0 Å². The molecule has 0 radical (unpaired) electrons. The molecular weight excluding hydrogens is 232 g/mol. The van der Waals surface area contributed by atoms with Gasteiger partial charge in [-0.2, -0.15) is 0 Å². The molecule has 0 saturated heterocycles. The number of aromatic carboxylic acids is 1. The lowest BCUT2D eigenvalue weighted by atomic mass is 10.5. The van der Waals surface area contributed by atoms with E-state index in [-0.39, 0.29) is 17.3 Å². The van der Waals surface area contributed by atoms with Crippen molar-refractivity contribution in [3.63, 3.8) is 0 Å². The van der Waals surface area contributed by atoms with Gasteiger partial charge in [0.2, 0.25) is 5.82 Å². The van der Waals surface area contributed by atoms with E-state index in [1.807, 2.05) is 0 Å². The standard InChI is InChI=1S/C9H14N2O4S/c1-6(2)16(14,15)5-7-4-11(3)8(10-7)9(12)13/h4,6H,5H2,1-3H3,(H,12,13). The SMILES string of the molecule is CC(C)S(=O)(=O)Cc1cn(C)c(C(=O)O)n1. The van der Waals surface area contributed by atoms with Gasteiger partial charge in [0.25, 0.3) is 0 Å². The summed E-state index contributed by atoms with van der Waals surface area (Å²) in [7, 11) is -1.73. The molecule has 6 nitrogen and oxygen atoms in total. The van der Waals surface area contributed by atoms with Crippen LogP contribution < -0.4 is 0 Å². The van der Waals surface area contributed by atoms with Gasteiger partial charge in [0.05, 0.1) is 16.7 Å². The zero-order valence-electron chi connectivity index (χ0n) is 9.34. The molecule has 0 aliphatic carbocycles. The maximum absolute atomic E-state index is 11.6. The number of hydrogen-bond donors (Lipinski definition) is 1. The molecular formula is C9H14N2O4S. The molecule has 0 atom stereocenters. The Labute approximate surface area is 93.8 Å². The van der Waals surface area contributed by atoms with Crippen molar-refractivity contribution in [3.8, 4) is 0 Å². The molecule has 16 heavy (non-hydrogen) atoms. The van der Waals surface area contributed by atoms with Crippen molar-refractivity contribution in [2.45, 2.75) is 24.9 Å². The average Bonchev–Trinajstić information content (AvgIpc) is 2.45. The molecule has 0 fully saturated rings. The van der Waals surface area contributed by atoms with Crippen LogP contribution in [0.25, 0.3) is 0 Å². The van der Waals surface area contributed by atoms with Gasteiger partial charge in [-0.3, -0.25) is 0 Å². The number of hydrogen-bond acceptors (Lipinski definition) is 4. The summed E-state index contributed by atoms with van der Waals surface area (Å²) in [5, 5.41) is 8.26. The van der Waals surface area contributed by atoms with Gasteiger partial charge >= 0.3 is 5.97 Å². The highest BCUT2D eigenvalue weighted by Gasteiger charge is 2.20. The highest BCUT2D eigenvalue weighted by molar-refractivity contribution is 7.91. The van der Waals surface area contributed by atoms with Crippen molar-refractivity contribution in [1.29, 1.82) is 0 Å². The number of nitrogens with zero attached hydrogens (tertiary/aromatic N) is 2. The third kappa shape index (κ3) is 2.60. The summed E-state index contributed by atoms with van der Waals surface area (Å²) in [6.07, 6.45) is 1.42. The lowest BCUT2D eigenvalue weighted by molar-refractivity contribution is 0.0679. The lowest BCUT2D eigenvalue weighted by Gasteiger charge is -2.04. The summed E-state index contributed by atoms with van der Waals surface area (Å²) in [6, 6.07) is 0. The van der Waals surface area contributed by atoms with Crippen LogP contribution in [0.5, 0.6) is 0 Å². The third-order valence-electron chi connectivity index (χ3n) is 2.18. The second kappa shape index (κ2) is 4.25. The van der Waals surface area contributed by atoms with Crippen molar-refractivity contribution < 1.29 is 18.3 Å². The molecule has 0 spiro atoms. The predicted molar refractivity (Wildman–Crippen MR) is 57.9 cm³/mol. The maximum Gasteiger partial charge on any atom is 0.372 e. The summed E-state index contributed by atoms with van der Waals surface area (Å²) in [5.41, 5.74) is 0.258. The van der Waals surface area contributed by atoms with E-state index in [9.17, 15) is 13.2 Å². The summed E-state index contributed by atoms with van der Waals surface area (Å²) in [5.74, 6) is -1.56. The van der Waals surface area contributed by atoms with Crippen molar-refractivity contribution in [2.24, 2.45) is 7.05 Å². The normalized spacial score (nSPS) is 12.0. The molecule has 1 N–H and O–H groups in total. The first-order chi connectivity index (χ1) is 7.24. The molecule has 90 valence electrons. The molecule has 1 aromatic heterocycles. The first-order valence-electron chi connectivity index (χ1n) is 4.71. The van der Waals surface area contributed by atoms with Gasteiger partial charge in [0.1, 0.15) is 0 Å². The zero-order chi connectivity index (χ0) is 12.5. The van der Waals surface area contributed by atoms with E-state index < -0.39 is 21.1 Å². The minimum absolute atomic E-state index is 0.158. The van der Waals surface area contributed by atoms with Crippen LogP contribution in [0.2, 0.25) is 0 Å². The molecule has 7 heteroatoms. The summed E-state index contributed by atoms with van der Waals surface area (Å²) in [6.45, 7) is 3.16. The smallest absolute Gasteiger partial charge is 0.372 e. The molecule has 1 rings (SSSR count). The number of imidazole rings is 1. The monoisotopic (exact) mass is 246 g/mol. The predicted octanol–water partition coefficient (Wildman–Crippen LogP) is 0.442. The minimum atomic E-state index is -3.25. The number of carbonyl (C=O) groups is 1. The quantitative estimate of drug-likeness (QED) is 0.832. The Kier molecular flexibility index (Phi) is 3.37. The van der Waals surface area contributed by atoms with Gasteiger partial charge in [-0.05, 0) is 13.8 Å². The van der Waals surface area contributed by atoms with Crippen LogP contribution in [-0.4, -0.2) is 34.3 Å². The number of carboxylic acid groups (broad SMARTS) is 1. The summed E-state index contributed by atoms with van der Waals surface area (Å²) in [4.78, 5) is 14.5. The Bertz CT molecular complexity index is 502. The molecule has 0 unspecified atom stereocenters. The molecule has 0 aliphatic heterocycles. The Balaban J connectivity index is 3.01. The fourth-order valence-electron chi connectivity index (χ4n) is 1.17. The highest BCUT2D eigenvalue weighted by Crippen LogP contribution is 2.10. The van der Waals surface area contributed by atoms with Crippen LogP contribution in [0.3, 0.4) is 0 Å². The molecule has 0 saturated carbocycles. The number of carboxylic acids is 1. The van der Waals surface area contributed by atoms with Gasteiger partial charge < -0.3 is 9.67 Å². The lowest BCUT2D eigenvalue weighted by Crippen LogP contribution is -2.16. The van der Waals surface area contributed by atoms with Crippen molar-refractivity contribution >= 4 is 15.8 Å². The van der Waals surface area contributed by atoms with E-state index in [0.717, 1.165) is 0 Å². The Morgan fingerprint density at radius 1 is 1.56 bits per heavy atom. The second-order valence-electron chi connectivity index (χ2n) is 3.83. The fraction of sp³-hybridized carbons (Fsp3) is 0.556. The highest BCUT2D eigenvalue weighted by atomic mass is 32.2. The molecule has 1 heterocycles. The van der Waals surface area contributed by atoms with E-state index in [0.29, 0.717) is 0 Å². The Morgan fingerprint density at radius 3 is 2.50 bits per heavy atom. The number of rotatable bonds is 4. The minimum Gasteiger partial charge on any atom is -0.475 e. The molecule has 0 aliphatic rings. The summed E-state index contributed by atoms with van der Waals surface area (Å²) < 4.78 is 24.5. The zero-order valence-corrected chi connectivity index (χ0v) is 10.2. The molecule has 0 amide bonds. The van der Waals surface area contributed by atoms with Crippen LogP contribution in [0, 0.1) is 0 Å². The van der Waals surface area contributed by atoms with Gasteiger partial charge in [0, 0.05) is 13.2 Å². The largest absolute Gasteiger partial charge is 0.475 e. The maximum atomic E-state index is 11.6. The van der Waals surface area contributed by atoms with Gasteiger partial charge in [-0.15, -0.1) is 0 Å². The average molecular weight is 246 g/mol. The number of sulfone groups is 1. The first kappa shape index (κ1) is 12.7. The van der Waals surface area contributed by atoms with Gasteiger partial charge in [-0.25, -0.2) is 18.2 Å². The van der Waals surface area contributed by atoms with Crippen molar-refractivity contribution in [2.75, 3.05) is 0 Å². The van der Waals surface area contributed by atoms with Gasteiger partial charge in [0.15, 0.2) is 9.84 Å². The molecule has 0 aromatic carbocycles. The Hall–Kier alpha value is -1.37. The van der Waals surface area contributed by atoms with Crippen LogP contribution in [-0.2, 0) is 22.6 Å². The van der Waals surface area contributed by atoms with Crippen molar-refractivity contribution in [3.05, 3.63) is 17.7 Å². The van der Waals surface area contributed by atoms with E-state index in [4.69, 9.17) is 5.11 Å². The van der Waals surface area contributed by atoms with E-state index in [2.05, 4.69) is 4.98 Å². The van der Waals surface area contributed by atoms with Crippen LogP contribution in [0.1, 0.15) is 30.2 Å². The van der Waals surface area contributed by atoms with Crippen LogP contribution in [0.4, 0.5) is 0 Å². The van der Waals surface area contributed by atoms with Crippen LogP contribution >= 0.6 is 0 Å². The van der Waals surface area contributed by atoms with Crippen molar-refractivity contribution in [1.82, 2.24) is 9.55 Å². The first-order valence-corrected chi connectivity index (χ1v) is 6.42. The van der Waals surface area contributed by atoms with Crippen LogP contribution in [0.15, 0.2) is 6.20 Å². The third-order valence-corrected chi connectivity index (χ3v) is 4.32. The number of aromatic nitrogens is 2. The molecule has 1 aromatic rings. The fourth-order valence-corrected chi connectivity index (χ4v) is 2.05. The Morgan fingerprint density at radius 2 is 2.12 bits per heavy atom. The molecule has 0 bridgehead atoms. The van der Waals surface area contributed by atoms with E-state index in [1.54, 1.807) is 13.8 Å². The van der Waals surface area contributed by atoms with Gasteiger partial charge in [-0.1, -0.05) is 0 Å². The summed E-state index contributed by atoms with van der Waals surface area (Å²) >= 11 is 0. The topological polar surface area (TPSA) is 89.3 Å². The number of aryl methyl sites for hydroxylation is 1. The second-order valence-corrected chi connectivity index (χ2v) is 6.39. The van der Waals surface area contributed by atoms with E-state index in [1.165, 1.54) is 17.8 Å².